The number of nitrogens with zero attached hydrogens (tertiary/aromatic N) is 4. The molecule has 3 rings (SSSR count). The first kappa shape index (κ1) is 15.9. The molecule has 0 amide bonds. The van der Waals surface area contributed by atoms with Crippen LogP contribution in [0.25, 0.3) is 17.2 Å². The van der Waals surface area contributed by atoms with Crippen LogP contribution in [0.4, 0.5) is 10.2 Å². The molecule has 0 fully saturated rings. The third-order valence-corrected chi connectivity index (χ3v) is 3.86. The standard InChI is InChI=1S/C12H8Br2FN5O3/c13-3-4-16-10-9(17-23-18-10)11-19-22-12(21)20(11)6-1-2-8(15)7(14)5-6/h1-2,5H,3-4H2,(H,16,18). The lowest BCUT2D eigenvalue weighted by Gasteiger charge is -2.05. The van der Waals surface area contributed by atoms with Gasteiger partial charge in [0.05, 0.1) is 10.2 Å². The monoisotopic (exact) mass is 447 g/mol. The van der Waals surface area contributed by atoms with Gasteiger partial charge < -0.3 is 5.32 Å². The van der Waals surface area contributed by atoms with Gasteiger partial charge in [0, 0.05) is 11.9 Å². The summed E-state index contributed by atoms with van der Waals surface area (Å²) in [6.45, 7) is 0.561. The van der Waals surface area contributed by atoms with Crippen LogP contribution in [0.3, 0.4) is 0 Å². The van der Waals surface area contributed by atoms with Crippen LogP contribution < -0.4 is 11.1 Å². The highest BCUT2D eigenvalue weighted by atomic mass is 79.9. The number of anilines is 1. The summed E-state index contributed by atoms with van der Waals surface area (Å²) < 4.78 is 24.1. The van der Waals surface area contributed by atoms with E-state index >= 15 is 0 Å². The summed E-state index contributed by atoms with van der Waals surface area (Å²) in [5, 5.41) is 14.8. The Kier molecular flexibility index (Phi) is 4.57. The first-order valence-corrected chi connectivity index (χ1v) is 8.20. The number of aromatic nitrogens is 4. The van der Waals surface area contributed by atoms with Gasteiger partial charge in [-0.25, -0.2) is 18.4 Å². The topological polar surface area (TPSA) is 99.0 Å². The van der Waals surface area contributed by atoms with E-state index in [1.807, 2.05) is 0 Å². The summed E-state index contributed by atoms with van der Waals surface area (Å²) in [4.78, 5) is 12.0. The van der Waals surface area contributed by atoms with Crippen LogP contribution in [0.15, 0.2) is 36.6 Å². The van der Waals surface area contributed by atoms with Crippen LogP contribution in [0.1, 0.15) is 0 Å². The minimum Gasteiger partial charge on any atom is -0.364 e. The van der Waals surface area contributed by atoms with Crippen molar-refractivity contribution in [3.63, 3.8) is 0 Å². The number of rotatable bonds is 5. The Morgan fingerprint density at radius 3 is 2.87 bits per heavy atom. The SMILES string of the molecule is O=c1onc(-c2nonc2NCCBr)n1-c1ccc(F)c(Br)c1. The van der Waals surface area contributed by atoms with Gasteiger partial charge in [0.2, 0.25) is 11.6 Å². The van der Waals surface area contributed by atoms with Crippen LogP contribution >= 0.6 is 31.9 Å². The van der Waals surface area contributed by atoms with Crippen molar-refractivity contribution >= 4 is 37.7 Å². The van der Waals surface area contributed by atoms with Crippen molar-refractivity contribution in [2.75, 3.05) is 17.2 Å². The zero-order valence-electron chi connectivity index (χ0n) is 11.3. The highest BCUT2D eigenvalue weighted by Crippen LogP contribution is 2.25. The molecule has 0 radical (unpaired) electrons. The van der Waals surface area contributed by atoms with Gasteiger partial charge >= 0.3 is 5.76 Å². The van der Waals surface area contributed by atoms with E-state index in [1.54, 1.807) is 0 Å². The minimum absolute atomic E-state index is 0.0897. The molecule has 0 aliphatic carbocycles. The zero-order chi connectivity index (χ0) is 16.4. The van der Waals surface area contributed by atoms with E-state index in [4.69, 9.17) is 9.15 Å². The maximum absolute atomic E-state index is 13.4. The molecular weight excluding hydrogens is 441 g/mol. The molecule has 8 nitrogen and oxygen atoms in total. The number of benzene rings is 1. The molecule has 0 spiro atoms. The lowest BCUT2D eigenvalue weighted by Crippen LogP contribution is -2.14. The molecule has 23 heavy (non-hydrogen) atoms. The Morgan fingerprint density at radius 2 is 2.13 bits per heavy atom. The molecule has 0 atom stereocenters. The van der Waals surface area contributed by atoms with Crippen molar-refractivity contribution in [1.82, 2.24) is 20.0 Å². The lowest BCUT2D eigenvalue weighted by atomic mass is 10.3. The average molecular weight is 449 g/mol. The molecule has 0 aliphatic rings. The van der Waals surface area contributed by atoms with Crippen molar-refractivity contribution in [2.45, 2.75) is 0 Å². The zero-order valence-corrected chi connectivity index (χ0v) is 14.5. The Bertz CT molecular complexity index is 891. The number of hydrogen-bond acceptors (Lipinski definition) is 7. The molecule has 1 N–H and O–H groups in total. The molecule has 11 heteroatoms. The molecular formula is C12H8Br2FN5O3. The number of halogens is 3. The predicted octanol–water partition coefficient (Wildman–Crippen LogP) is 2.58. The van der Waals surface area contributed by atoms with Crippen molar-refractivity contribution < 1.29 is 13.5 Å². The van der Waals surface area contributed by atoms with Crippen LogP contribution in [-0.2, 0) is 0 Å². The van der Waals surface area contributed by atoms with E-state index in [9.17, 15) is 9.18 Å². The van der Waals surface area contributed by atoms with Gasteiger partial charge in [-0.3, -0.25) is 4.52 Å². The largest absolute Gasteiger partial charge is 0.446 e. The number of hydrogen-bond donors (Lipinski definition) is 1. The van der Waals surface area contributed by atoms with Gasteiger partial charge in [-0.2, -0.15) is 0 Å². The molecule has 0 aliphatic heterocycles. The van der Waals surface area contributed by atoms with Crippen molar-refractivity contribution in [1.29, 1.82) is 0 Å². The third-order valence-electron chi connectivity index (χ3n) is 2.85. The summed E-state index contributed by atoms with van der Waals surface area (Å²) in [5.74, 6) is -0.796. The maximum Gasteiger partial charge on any atom is 0.446 e. The Labute approximate surface area is 144 Å². The van der Waals surface area contributed by atoms with E-state index in [-0.39, 0.29) is 16.0 Å². The second-order valence-corrected chi connectivity index (χ2v) is 5.93. The molecule has 1 aromatic carbocycles. The molecule has 120 valence electrons. The molecule has 0 saturated carbocycles. The van der Waals surface area contributed by atoms with E-state index in [0.29, 0.717) is 23.4 Å². The lowest BCUT2D eigenvalue weighted by molar-refractivity contribution is 0.309. The Morgan fingerprint density at radius 1 is 1.30 bits per heavy atom. The number of alkyl halides is 1. The van der Waals surface area contributed by atoms with E-state index in [0.717, 1.165) is 4.57 Å². The van der Waals surface area contributed by atoms with E-state index in [2.05, 4.69) is 52.6 Å². The first-order chi connectivity index (χ1) is 11.1. The van der Waals surface area contributed by atoms with Crippen LogP contribution in [0, 0.1) is 5.82 Å². The molecule has 0 saturated heterocycles. The van der Waals surface area contributed by atoms with Crippen LogP contribution in [-0.4, -0.2) is 31.9 Å². The van der Waals surface area contributed by atoms with E-state index in [1.165, 1.54) is 18.2 Å². The number of nitrogens with one attached hydrogen (secondary N) is 1. The fourth-order valence-electron chi connectivity index (χ4n) is 1.87. The highest BCUT2D eigenvalue weighted by Gasteiger charge is 2.22. The van der Waals surface area contributed by atoms with Gasteiger partial charge in [0.15, 0.2) is 5.69 Å². The van der Waals surface area contributed by atoms with Crippen molar-refractivity contribution in [2.24, 2.45) is 0 Å². The van der Waals surface area contributed by atoms with Crippen LogP contribution in [0.2, 0.25) is 0 Å². The van der Waals surface area contributed by atoms with Gasteiger partial charge in [-0.1, -0.05) is 21.1 Å². The summed E-state index contributed by atoms with van der Waals surface area (Å²) in [6.07, 6.45) is 0. The molecule has 3 aromatic rings. The Hall–Kier alpha value is -2.01. The second kappa shape index (κ2) is 6.62. The summed E-state index contributed by atoms with van der Waals surface area (Å²) in [7, 11) is 0. The van der Waals surface area contributed by atoms with Gasteiger partial charge in [0.1, 0.15) is 5.82 Å². The van der Waals surface area contributed by atoms with E-state index < -0.39 is 11.6 Å². The molecule has 0 unspecified atom stereocenters. The van der Waals surface area contributed by atoms with Gasteiger partial charge in [0.25, 0.3) is 0 Å². The quantitative estimate of drug-likeness (QED) is 0.599. The first-order valence-electron chi connectivity index (χ1n) is 6.28. The summed E-state index contributed by atoms with van der Waals surface area (Å²) in [6, 6.07) is 4.06. The maximum atomic E-state index is 13.4. The van der Waals surface area contributed by atoms with Crippen molar-refractivity contribution in [3.05, 3.63) is 39.0 Å². The fourth-order valence-corrected chi connectivity index (χ4v) is 2.43. The predicted molar refractivity (Wildman–Crippen MR) is 85.3 cm³/mol. The summed E-state index contributed by atoms with van der Waals surface area (Å²) in [5.41, 5.74) is 0.561. The van der Waals surface area contributed by atoms with Gasteiger partial charge in [-0.05, 0) is 44.4 Å². The van der Waals surface area contributed by atoms with Crippen LogP contribution in [0.5, 0.6) is 0 Å². The molecule has 0 bridgehead atoms. The highest BCUT2D eigenvalue weighted by molar-refractivity contribution is 9.10. The van der Waals surface area contributed by atoms with Crippen molar-refractivity contribution in [3.8, 4) is 17.2 Å². The summed E-state index contributed by atoms with van der Waals surface area (Å²) >= 11 is 6.35. The molecule has 2 heterocycles. The average Bonchev–Trinajstić information content (AvgIpc) is 3.14. The second-order valence-electron chi connectivity index (χ2n) is 4.28. The van der Waals surface area contributed by atoms with Gasteiger partial charge in [-0.15, -0.1) is 0 Å². The molecule has 2 aromatic heterocycles. The third kappa shape index (κ3) is 3.06. The smallest absolute Gasteiger partial charge is 0.364 e. The fraction of sp³-hybridized carbons (Fsp3) is 0.167. The Balaban J connectivity index is 2.11. The normalized spacial score (nSPS) is 10.9. The minimum atomic E-state index is -0.743.